The van der Waals surface area contributed by atoms with Crippen LogP contribution >= 0.6 is 0 Å². The summed E-state index contributed by atoms with van der Waals surface area (Å²) in [5, 5.41) is 18.9. The van der Waals surface area contributed by atoms with E-state index < -0.39 is 12.1 Å². The van der Waals surface area contributed by atoms with E-state index >= 15 is 0 Å². The van der Waals surface area contributed by atoms with Crippen LogP contribution in [0.4, 0.5) is 0 Å². The second-order valence-corrected chi connectivity index (χ2v) is 7.89. The number of carbonyl (C=O) groups excluding carboxylic acids is 1. The highest BCUT2D eigenvalue weighted by Gasteiger charge is 2.34. The third-order valence-corrected chi connectivity index (χ3v) is 5.84. The zero-order valence-electron chi connectivity index (χ0n) is 16.5. The van der Waals surface area contributed by atoms with Crippen molar-refractivity contribution in [2.75, 3.05) is 0 Å². The molecule has 2 rings (SSSR count). The standard InChI is InChI=1S/C23H34O4/c1-2-3-9-21(24)18-13-11-17(12-14-18)19-15-16-22(25)20(19)8-6-4-5-7-10-23(26)27/h11-14,19-21,24H,2-10,15-16H2,1H3,(H,26,27). The van der Waals surface area contributed by atoms with Gasteiger partial charge < -0.3 is 10.2 Å². The Labute approximate surface area is 163 Å². The molecular weight excluding hydrogens is 340 g/mol. The molecule has 1 aromatic carbocycles. The number of aliphatic hydroxyl groups is 1. The molecule has 27 heavy (non-hydrogen) atoms. The number of rotatable bonds is 12. The summed E-state index contributed by atoms with van der Waals surface area (Å²) < 4.78 is 0. The Bertz CT molecular complexity index is 593. The van der Waals surface area contributed by atoms with Crippen LogP contribution < -0.4 is 0 Å². The van der Waals surface area contributed by atoms with Crippen LogP contribution in [-0.2, 0) is 9.59 Å². The van der Waals surface area contributed by atoms with Crippen LogP contribution in [-0.4, -0.2) is 22.0 Å². The van der Waals surface area contributed by atoms with Gasteiger partial charge in [-0.25, -0.2) is 0 Å². The normalized spacial score (nSPS) is 20.7. The number of carboxylic acid groups (broad SMARTS) is 1. The van der Waals surface area contributed by atoms with Crippen LogP contribution in [0.25, 0.3) is 0 Å². The van der Waals surface area contributed by atoms with Crippen LogP contribution in [0.15, 0.2) is 24.3 Å². The van der Waals surface area contributed by atoms with Gasteiger partial charge in [0.05, 0.1) is 6.10 Å². The lowest BCUT2D eigenvalue weighted by Gasteiger charge is -2.20. The van der Waals surface area contributed by atoms with E-state index in [-0.39, 0.29) is 12.3 Å². The largest absolute Gasteiger partial charge is 0.481 e. The fraction of sp³-hybridized carbons (Fsp3) is 0.652. The summed E-state index contributed by atoms with van der Waals surface area (Å²) in [6, 6.07) is 8.21. The number of carbonyl (C=O) groups is 2. The highest BCUT2D eigenvalue weighted by atomic mass is 16.4. The molecule has 0 bridgehead atoms. The van der Waals surface area contributed by atoms with Gasteiger partial charge in [0.1, 0.15) is 5.78 Å². The van der Waals surface area contributed by atoms with Crippen molar-refractivity contribution in [2.24, 2.45) is 5.92 Å². The molecule has 0 saturated heterocycles. The first-order valence-corrected chi connectivity index (χ1v) is 10.5. The molecule has 4 nitrogen and oxygen atoms in total. The van der Waals surface area contributed by atoms with Crippen molar-refractivity contribution in [1.82, 2.24) is 0 Å². The maximum atomic E-state index is 12.3. The zero-order valence-corrected chi connectivity index (χ0v) is 16.5. The van der Waals surface area contributed by atoms with Gasteiger partial charge in [0.2, 0.25) is 0 Å². The minimum Gasteiger partial charge on any atom is -0.481 e. The number of Topliss-reactive ketones (excluding diaryl/α,β-unsaturated/α-hetero) is 1. The number of aliphatic carboxylic acids is 1. The number of ketones is 1. The third-order valence-electron chi connectivity index (χ3n) is 5.84. The molecule has 0 spiro atoms. The monoisotopic (exact) mass is 374 g/mol. The molecule has 2 N–H and O–H groups in total. The van der Waals surface area contributed by atoms with E-state index in [1.54, 1.807) is 0 Å². The quantitative estimate of drug-likeness (QED) is 0.480. The highest BCUT2D eigenvalue weighted by Crippen LogP contribution is 2.40. The molecule has 0 aromatic heterocycles. The van der Waals surface area contributed by atoms with Crippen LogP contribution in [0, 0.1) is 5.92 Å². The van der Waals surface area contributed by atoms with Crippen molar-refractivity contribution >= 4 is 11.8 Å². The fourth-order valence-electron chi connectivity index (χ4n) is 4.19. The summed E-state index contributed by atoms with van der Waals surface area (Å²) in [5.41, 5.74) is 2.18. The Morgan fingerprint density at radius 2 is 1.81 bits per heavy atom. The summed E-state index contributed by atoms with van der Waals surface area (Å²) in [6.45, 7) is 2.12. The minimum atomic E-state index is -0.732. The lowest BCUT2D eigenvalue weighted by Crippen LogP contribution is -2.13. The molecule has 1 aliphatic carbocycles. The van der Waals surface area contributed by atoms with Crippen LogP contribution in [0.2, 0.25) is 0 Å². The van der Waals surface area contributed by atoms with Crippen molar-refractivity contribution in [3.05, 3.63) is 35.4 Å². The van der Waals surface area contributed by atoms with Gasteiger partial charge in [-0.15, -0.1) is 0 Å². The van der Waals surface area contributed by atoms with Gasteiger partial charge in [-0.05, 0) is 42.7 Å². The van der Waals surface area contributed by atoms with Gasteiger partial charge in [-0.1, -0.05) is 63.3 Å². The molecule has 1 aromatic rings. The molecule has 3 atom stereocenters. The van der Waals surface area contributed by atoms with Gasteiger partial charge in [-0.3, -0.25) is 9.59 Å². The van der Waals surface area contributed by atoms with Gasteiger partial charge in [0.25, 0.3) is 0 Å². The minimum absolute atomic E-state index is 0.0975. The Hall–Kier alpha value is -1.68. The van der Waals surface area contributed by atoms with Gasteiger partial charge in [0, 0.05) is 18.8 Å². The van der Waals surface area contributed by atoms with E-state index in [0.29, 0.717) is 18.1 Å². The van der Waals surface area contributed by atoms with Gasteiger partial charge in [-0.2, -0.15) is 0 Å². The molecule has 1 saturated carbocycles. The van der Waals surface area contributed by atoms with Gasteiger partial charge >= 0.3 is 5.97 Å². The van der Waals surface area contributed by atoms with E-state index in [4.69, 9.17) is 5.11 Å². The summed E-state index contributed by atoms with van der Waals surface area (Å²) in [4.78, 5) is 22.9. The molecule has 0 heterocycles. The molecule has 4 heteroatoms. The Kier molecular flexibility index (Phi) is 8.99. The zero-order chi connectivity index (χ0) is 19.6. The van der Waals surface area contributed by atoms with E-state index in [0.717, 1.165) is 63.4 Å². The predicted molar refractivity (Wildman–Crippen MR) is 107 cm³/mol. The second kappa shape index (κ2) is 11.2. The van der Waals surface area contributed by atoms with Crippen molar-refractivity contribution in [2.45, 2.75) is 89.6 Å². The van der Waals surface area contributed by atoms with Crippen LogP contribution in [0.1, 0.15) is 101 Å². The molecule has 150 valence electrons. The van der Waals surface area contributed by atoms with E-state index in [1.165, 1.54) is 5.56 Å². The Morgan fingerprint density at radius 3 is 2.48 bits per heavy atom. The predicted octanol–water partition coefficient (Wildman–Crippen LogP) is 5.40. The number of unbranched alkanes of at least 4 members (excludes halogenated alkanes) is 4. The summed E-state index contributed by atoms with van der Waals surface area (Å²) in [7, 11) is 0. The molecule has 1 aliphatic rings. The molecule has 3 unspecified atom stereocenters. The smallest absolute Gasteiger partial charge is 0.303 e. The maximum absolute atomic E-state index is 12.3. The summed E-state index contributed by atoms with van der Waals surface area (Å²) >= 11 is 0. The summed E-state index contributed by atoms with van der Waals surface area (Å²) in [5.74, 6) is 0.0283. The first kappa shape index (κ1) is 21.6. The Balaban J connectivity index is 1.86. The van der Waals surface area contributed by atoms with Crippen LogP contribution in [0.3, 0.4) is 0 Å². The number of hydrogen-bond acceptors (Lipinski definition) is 3. The number of hydrogen-bond donors (Lipinski definition) is 2. The van der Waals surface area contributed by atoms with Crippen molar-refractivity contribution in [1.29, 1.82) is 0 Å². The second-order valence-electron chi connectivity index (χ2n) is 7.89. The van der Waals surface area contributed by atoms with Crippen molar-refractivity contribution < 1.29 is 19.8 Å². The van der Waals surface area contributed by atoms with E-state index in [2.05, 4.69) is 19.1 Å². The summed E-state index contributed by atoms with van der Waals surface area (Å²) in [6.07, 6.45) is 8.84. The van der Waals surface area contributed by atoms with Crippen molar-refractivity contribution in [3.63, 3.8) is 0 Å². The fourth-order valence-corrected chi connectivity index (χ4v) is 4.19. The molecule has 0 amide bonds. The first-order valence-electron chi connectivity index (χ1n) is 10.5. The van der Waals surface area contributed by atoms with E-state index in [9.17, 15) is 14.7 Å². The van der Waals surface area contributed by atoms with Gasteiger partial charge in [0.15, 0.2) is 0 Å². The maximum Gasteiger partial charge on any atom is 0.303 e. The Morgan fingerprint density at radius 1 is 1.11 bits per heavy atom. The SMILES string of the molecule is CCCCC(O)c1ccc(C2CCC(=O)C2CCCCCCC(=O)O)cc1. The molecule has 0 radical (unpaired) electrons. The molecular formula is C23H34O4. The first-order chi connectivity index (χ1) is 13.0. The highest BCUT2D eigenvalue weighted by molar-refractivity contribution is 5.84. The lowest BCUT2D eigenvalue weighted by molar-refractivity contribution is -0.137. The average molecular weight is 375 g/mol. The topological polar surface area (TPSA) is 74.6 Å². The molecule has 1 fully saturated rings. The number of aliphatic hydroxyl groups excluding tert-OH is 1. The average Bonchev–Trinajstić information content (AvgIpc) is 3.03. The molecule has 0 aliphatic heterocycles. The van der Waals surface area contributed by atoms with Crippen LogP contribution in [0.5, 0.6) is 0 Å². The van der Waals surface area contributed by atoms with E-state index in [1.807, 2.05) is 12.1 Å². The van der Waals surface area contributed by atoms with Crippen molar-refractivity contribution in [3.8, 4) is 0 Å². The number of carboxylic acids is 1. The lowest BCUT2D eigenvalue weighted by atomic mass is 9.84. The number of benzene rings is 1. The third kappa shape index (κ3) is 6.76.